The van der Waals surface area contributed by atoms with Crippen LogP contribution in [0.5, 0.6) is 0 Å². The van der Waals surface area contributed by atoms with Crippen LogP contribution in [-0.4, -0.2) is 10.9 Å². The minimum Gasteiger partial charge on any atom is -0.321 e. The lowest BCUT2D eigenvalue weighted by Crippen LogP contribution is -2.10. The number of nitrogens with zero attached hydrogens (tertiary/aromatic N) is 1. The topological polar surface area (TPSA) is 42.0 Å². The van der Waals surface area contributed by atoms with Crippen molar-refractivity contribution in [2.24, 2.45) is 0 Å². The molecule has 0 unspecified atom stereocenters. The van der Waals surface area contributed by atoms with Crippen molar-refractivity contribution in [3.8, 4) is 9.88 Å². The van der Waals surface area contributed by atoms with E-state index in [4.69, 9.17) is 0 Å². The maximum absolute atomic E-state index is 12.3. The van der Waals surface area contributed by atoms with Crippen molar-refractivity contribution in [1.29, 1.82) is 0 Å². The van der Waals surface area contributed by atoms with Crippen LogP contribution in [0, 0.1) is 13.8 Å². The average Bonchev–Trinajstić information content (AvgIpc) is 3.09. The number of anilines is 1. The summed E-state index contributed by atoms with van der Waals surface area (Å²) < 4.78 is 0. The van der Waals surface area contributed by atoms with Gasteiger partial charge in [-0.25, -0.2) is 4.98 Å². The molecule has 1 amide bonds. The summed E-state index contributed by atoms with van der Waals surface area (Å²) in [6.07, 6.45) is 1.64. The van der Waals surface area contributed by atoms with Crippen LogP contribution in [0.4, 0.5) is 5.69 Å². The molecule has 0 saturated heterocycles. The summed E-state index contributed by atoms with van der Waals surface area (Å²) in [6.45, 7) is 4.04. The van der Waals surface area contributed by atoms with E-state index in [0.29, 0.717) is 4.88 Å². The number of hydrogen-bond donors (Lipinski definition) is 1. The zero-order valence-corrected chi connectivity index (χ0v) is 13.3. The Bertz CT molecular complexity index is 755. The number of benzene rings is 1. The second-order valence-electron chi connectivity index (χ2n) is 4.84. The first kappa shape index (κ1) is 14.0. The van der Waals surface area contributed by atoms with Gasteiger partial charge in [-0.1, -0.05) is 12.1 Å². The van der Waals surface area contributed by atoms with Crippen LogP contribution in [0.3, 0.4) is 0 Å². The van der Waals surface area contributed by atoms with Crippen molar-refractivity contribution in [1.82, 2.24) is 4.98 Å². The second-order valence-corrected chi connectivity index (χ2v) is 6.82. The van der Waals surface area contributed by atoms with Crippen LogP contribution < -0.4 is 5.32 Å². The minimum absolute atomic E-state index is 0.111. The number of thiophene rings is 1. The summed E-state index contributed by atoms with van der Waals surface area (Å²) in [5.41, 5.74) is 3.09. The first-order valence-electron chi connectivity index (χ1n) is 6.51. The summed E-state index contributed by atoms with van der Waals surface area (Å²) >= 11 is 3.04. The molecular weight excluding hydrogens is 300 g/mol. The first-order chi connectivity index (χ1) is 10.1. The van der Waals surface area contributed by atoms with Crippen LogP contribution in [0.1, 0.15) is 20.8 Å². The molecule has 3 aromatic rings. The summed E-state index contributed by atoms with van der Waals surface area (Å²) in [6, 6.07) is 10.0. The zero-order chi connectivity index (χ0) is 14.8. The number of carbonyl (C=O) groups excluding carboxylic acids is 1. The highest BCUT2D eigenvalue weighted by Gasteiger charge is 2.12. The second kappa shape index (κ2) is 5.79. The fraction of sp³-hybridized carbons (Fsp3) is 0.125. The fourth-order valence-electron chi connectivity index (χ4n) is 2.13. The van der Waals surface area contributed by atoms with Crippen LogP contribution in [0.15, 0.2) is 41.9 Å². The number of hydrogen-bond acceptors (Lipinski definition) is 4. The molecule has 106 valence electrons. The molecule has 0 radical (unpaired) electrons. The van der Waals surface area contributed by atoms with Crippen molar-refractivity contribution in [2.75, 3.05) is 5.32 Å². The molecule has 0 bridgehead atoms. The maximum atomic E-state index is 12.3. The van der Waals surface area contributed by atoms with Gasteiger partial charge in [0.05, 0.1) is 11.1 Å². The van der Waals surface area contributed by atoms with Gasteiger partial charge in [-0.15, -0.1) is 22.7 Å². The van der Waals surface area contributed by atoms with E-state index in [1.165, 1.54) is 11.3 Å². The van der Waals surface area contributed by atoms with Gasteiger partial charge in [0.15, 0.2) is 0 Å². The Morgan fingerprint density at radius 2 is 1.95 bits per heavy atom. The number of carbonyl (C=O) groups is 1. The third-order valence-electron chi connectivity index (χ3n) is 2.94. The molecular formula is C16H14N2OS2. The lowest BCUT2D eigenvalue weighted by molar-refractivity contribution is 0.103. The summed E-state index contributed by atoms with van der Waals surface area (Å²) in [4.78, 5) is 18.3. The third-order valence-corrected chi connectivity index (χ3v) is 4.98. The monoisotopic (exact) mass is 314 g/mol. The molecule has 2 aromatic heterocycles. The number of amides is 1. The van der Waals surface area contributed by atoms with E-state index in [-0.39, 0.29) is 5.91 Å². The Hall–Kier alpha value is -1.98. The summed E-state index contributed by atoms with van der Waals surface area (Å²) in [5, 5.41) is 5.82. The molecule has 0 atom stereocenters. The molecule has 3 rings (SSSR count). The van der Waals surface area contributed by atoms with Crippen molar-refractivity contribution >= 4 is 34.3 Å². The van der Waals surface area contributed by atoms with E-state index in [9.17, 15) is 4.79 Å². The Balaban J connectivity index is 1.79. The first-order valence-corrected chi connectivity index (χ1v) is 8.21. The molecule has 1 N–H and O–H groups in total. The van der Waals surface area contributed by atoms with Crippen LogP contribution in [0.25, 0.3) is 9.88 Å². The lowest BCUT2D eigenvalue weighted by atomic mass is 10.1. The Kier molecular flexibility index (Phi) is 3.86. The standard InChI is InChI=1S/C16H14N2OS2/c1-10-6-11(2)8-12(7-10)18-15(19)14-9-17-16(21-14)13-4-3-5-20-13/h3-9H,1-2H3,(H,18,19). The average molecular weight is 314 g/mol. The number of rotatable bonds is 3. The van der Waals surface area contributed by atoms with Gasteiger partial charge in [0, 0.05) is 5.69 Å². The van der Waals surface area contributed by atoms with Crippen LogP contribution >= 0.6 is 22.7 Å². The number of nitrogens with one attached hydrogen (secondary N) is 1. The third kappa shape index (κ3) is 3.20. The fourth-order valence-corrected chi connectivity index (χ4v) is 3.75. The van der Waals surface area contributed by atoms with Gasteiger partial charge < -0.3 is 5.32 Å². The predicted molar refractivity (Wildman–Crippen MR) is 89.3 cm³/mol. The summed E-state index contributed by atoms with van der Waals surface area (Å²) in [5.74, 6) is -0.111. The minimum atomic E-state index is -0.111. The molecule has 21 heavy (non-hydrogen) atoms. The molecule has 0 spiro atoms. The van der Waals surface area contributed by atoms with E-state index < -0.39 is 0 Å². The molecule has 0 fully saturated rings. The van der Waals surface area contributed by atoms with Crippen molar-refractivity contribution in [3.05, 3.63) is 57.9 Å². The maximum Gasteiger partial charge on any atom is 0.267 e. The van der Waals surface area contributed by atoms with Gasteiger partial charge in [0.2, 0.25) is 0 Å². The van der Waals surface area contributed by atoms with Crippen molar-refractivity contribution in [3.63, 3.8) is 0 Å². The van der Waals surface area contributed by atoms with E-state index in [1.54, 1.807) is 17.5 Å². The molecule has 3 nitrogen and oxygen atoms in total. The Morgan fingerprint density at radius 3 is 2.62 bits per heavy atom. The van der Waals surface area contributed by atoms with Crippen LogP contribution in [-0.2, 0) is 0 Å². The van der Waals surface area contributed by atoms with Crippen molar-refractivity contribution < 1.29 is 4.79 Å². The smallest absolute Gasteiger partial charge is 0.267 e. The largest absolute Gasteiger partial charge is 0.321 e. The molecule has 0 aliphatic carbocycles. The SMILES string of the molecule is Cc1cc(C)cc(NC(=O)c2cnc(-c3cccs3)s2)c1. The van der Waals surface area contributed by atoms with Gasteiger partial charge in [0.25, 0.3) is 5.91 Å². The highest BCUT2D eigenvalue weighted by atomic mass is 32.1. The van der Waals surface area contributed by atoms with E-state index >= 15 is 0 Å². The van der Waals surface area contributed by atoms with Crippen LogP contribution in [0.2, 0.25) is 0 Å². The van der Waals surface area contributed by atoms with E-state index in [2.05, 4.69) is 16.4 Å². The van der Waals surface area contributed by atoms with Gasteiger partial charge in [0.1, 0.15) is 9.88 Å². The normalized spacial score (nSPS) is 10.6. The molecule has 0 saturated carbocycles. The quantitative estimate of drug-likeness (QED) is 0.758. The number of aromatic nitrogens is 1. The molecule has 2 heterocycles. The van der Waals surface area contributed by atoms with E-state index in [1.807, 2.05) is 43.5 Å². The summed E-state index contributed by atoms with van der Waals surface area (Å²) in [7, 11) is 0. The number of aryl methyl sites for hydroxylation is 2. The van der Waals surface area contributed by atoms with Gasteiger partial charge in [-0.05, 0) is 48.6 Å². The van der Waals surface area contributed by atoms with Gasteiger partial charge in [-0.2, -0.15) is 0 Å². The molecule has 5 heteroatoms. The number of thiazole rings is 1. The molecule has 0 aliphatic heterocycles. The van der Waals surface area contributed by atoms with E-state index in [0.717, 1.165) is 26.7 Å². The molecule has 1 aromatic carbocycles. The predicted octanol–water partition coefficient (Wildman–Crippen LogP) is 4.74. The van der Waals surface area contributed by atoms with Crippen molar-refractivity contribution in [2.45, 2.75) is 13.8 Å². The highest BCUT2D eigenvalue weighted by Crippen LogP contribution is 2.29. The van der Waals surface area contributed by atoms with Gasteiger partial charge in [-0.3, -0.25) is 4.79 Å². The van der Waals surface area contributed by atoms with Gasteiger partial charge >= 0.3 is 0 Å². The molecule has 0 aliphatic rings. The Labute approximate surface area is 131 Å². The highest BCUT2D eigenvalue weighted by molar-refractivity contribution is 7.22. The zero-order valence-electron chi connectivity index (χ0n) is 11.7. The lowest BCUT2D eigenvalue weighted by Gasteiger charge is -2.06. The Morgan fingerprint density at radius 1 is 1.19 bits per heavy atom.